The molecule has 4 nitrogen and oxygen atoms in total. The van der Waals surface area contributed by atoms with Gasteiger partial charge in [0.25, 0.3) is 0 Å². The van der Waals surface area contributed by atoms with E-state index in [2.05, 4.69) is 4.90 Å². The lowest BCUT2D eigenvalue weighted by atomic mass is 10.1. The summed E-state index contributed by atoms with van der Waals surface area (Å²) in [6.07, 6.45) is 3.68. The van der Waals surface area contributed by atoms with Crippen LogP contribution in [0.25, 0.3) is 0 Å². The highest BCUT2D eigenvalue weighted by atomic mass is 16.3. The predicted molar refractivity (Wildman–Crippen MR) is 62.0 cm³/mol. The van der Waals surface area contributed by atoms with Crippen molar-refractivity contribution in [3.8, 4) is 0 Å². The molecule has 2 fully saturated rings. The number of hydrogen-bond acceptors (Lipinski definition) is 3. The maximum atomic E-state index is 11.2. The Bertz CT molecular complexity index is 253. The molecule has 0 aromatic carbocycles. The summed E-state index contributed by atoms with van der Waals surface area (Å²) in [4.78, 5) is 15.6. The van der Waals surface area contributed by atoms with Crippen molar-refractivity contribution in [1.82, 2.24) is 9.80 Å². The normalized spacial score (nSPS) is 25.4. The van der Waals surface area contributed by atoms with E-state index in [1.807, 2.05) is 4.90 Å². The van der Waals surface area contributed by atoms with E-state index in [4.69, 9.17) is 5.11 Å². The van der Waals surface area contributed by atoms with Crippen molar-refractivity contribution in [3.63, 3.8) is 0 Å². The molecule has 4 heteroatoms. The second-order valence-electron chi connectivity index (χ2n) is 5.07. The second-order valence-corrected chi connectivity index (χ2v) is 5.07. The summed E-state index contributed by atoms with van der Waals surface area (Å²) in [7, 11) is 0. The van der Waals surface area contributed by atoms with Gasteiger partial charge < -0.3 is 10.0 Å². The number of hydrogen-bond donors (Lipinski definition) is 1. The molecule has 1 saturated heterocycles. The second kappa shape index (κ2) is 5.15. The lowest BCUT2D eigenvalue weighted by Crippen LogP contribution is -2.35. The highest BCUT2D eigenvalue weighted by Crippen LogP contribution is 2.28. The molecule has 16 heavy (non-hydrogen) atoms. The van der Waals surface area contributed by atoms with Crippen molar-refractivity contribution in [3.05, 3.63) is 0 Å². The van der Waals surface area contributed by atoms with Crippen LogP contribution in [0.15, 0.2) is 0 Å². The molecule has 0 aromatic heterocycles. The van der Waals surface area contributed by atoms with Gasteiger partial charge in [-0.05, 0) is 25.2 Å². The summed E-state index contributed by atoms with van der Waals surface area (Å²) in [5.74, 6) is 0.804. The first-order valence-corrected chi connectivity index (χ1v) is 6.31. The van der Waals surface area contributed by atoms with Crippen LogP contribution in [-0.4, -0.2) is 59.6 Å². The molecule has 2 aliphatic rings. The van der Waals surface area contributed by atoms with Crippen LogP contribution in [0.1, 0.15) is 26.2 Å². The number of carbonyl (C=O) groups excluding carboxylic acids is 1. The van der Waals surface area contributed by atoms with Crippen LogP contribution in [0.5, 0.6) is 0 Å². The molecule has 1 amide bonds. The SMILES string of the molecule is CC(=O)N1CC[C@@H](CN(CCO)C2CC2)C1. The van der Waals surface area contributed by atoms with Crippen molar-refractivity contribution < 1.29 is 9.90 Å². The number of likely N-dealkylation sites (tertiary alicyclic amines) is 1. The third-order valence-corrected chi connectivity index (χ3v) is 3.67. The number of aliphatic hydroxyl groups excluding tert-OH is 1. The van der Waals surface area contributed by atoms with E-state index in [0.717, 1.165) is 32.6 Å². The molecule has 1 saturated carbocycles. The molecule has 1 aliphatic carbocycles. The molecule has 92 valence electrons. The van der Waals surface area contributed by atoms with Gasteiger partial charge in [0.1, 0.15) is 0 Å². The minimum atomic E-state index is 0.197. The molecular formula is C12H22N2O2. The zero-order valence-electron chi connectivity index (χ0n) is 10.1. The summed E-state index contributed by atoms with van der Waals surface area (Å²) >= 11 is 0. The molecule has 1 N–H and O–H groups in total. The van der Waals surface area contributed by atoms with E-state index < -0.39 is 0 Å². The van der Waals surface area contributed by atoms with Gasteiger partial charge in [-0.25, -0.2) is 0 Å². The molecule has 0 radical (unpaired) electrons. The summed E-state index contributed by atoms with van der Waals surface area (Å²) in [6, 6.07) is 0.707. The molecule has 0 aromatic rings. The van der Waals surface area contributed by atoms with Crippen LogP contribution in [0.2, 0.25) is 0 Å². The minimum Gasteiger partial charge on any atom is -0.395 e. The average molecular weight is 226 g/mol. The first-order chi connectivity index (χ1) is 7.70. The average Bonchev–Trinajstić information content (AvgIpc) is 2.98. The van der Waals surface area contributed by atoms with E-state index in [9.17, 15) is 4.79 Å². The third-order valence-electron chi connectivity index (χ3n) is 3.67. The topological polar surface area (TPSA) is 43.8 Å². The molecule has 0 spiro atoms. The number of amides is 1. The number of rotatable bonds is 5. The Kier molecular flexibility index (Phi) is 3.82. The summed E-state index contributed by atoms with van der Waals surface area (Å²) in [6.45, 7) is 5.56. The largest absolute Gasteiger partial charge is 0.395 e. The van der Waals surface area contributed by atoms with Gasteiger partial charge in [-0.3, -0.25) is 9.69 Å². The fraction of sp³-hybridized carbons (Fsp3) is 0.917. The van der Waals surface area contributed by atoms with E-state index in [1.165, 1.54) is 12.8 Å². The highest BCUT2D eigenvalue weighted by molar-refractivity contribution is 5.73. The van der Waals surface area contributed by atoms with Crippen molar-refractivity contribution >= 4 is 5.91 Å². The lowest BCUT2D eigenvalue weighted by molar-refractivity contribution is -0.127. The molecule has 1 aliphatic heterocycles. The molecule has 1 atom stereocenters. The van der Waals surface area contributed by atoms with Crippen molar-refractivity contribution in [1.29, 1.82) is 0 Å². The van der Waals surface area contributed by atoms with Crippen LogP contribution in [-0.2, 0) is 4.79 Å². The van der Waals surface area contributed by atoms with E-state index in [1.54, 1.807) is 6.92 Å². The van der Waals surface area contributed by atoms with Crippen molar-refractivity contribution in [2.45, 2.75) is 32.2 Å². The number of carbonyl (C=O) groups is 1. The smallest absolute Gasteiger partial charge is 0.219 e. The Morgan fingerprint density at radius 1 is 1.44 bits per heavy atom. The third kappa shape index (κ3) is 2.95. The predicted octanol–water partition coefficient (Wildman–Crippen LogP) is 0.311. The van der Waals surface area contributed by atoms with Crippen LogP contribution < -0.4 is 0 Å². The monoisotopic (exact) mass is 226 g/mol. The van der Waals surface area contributed by atoms with Gasteiger partial charge in [-0.2, -0.15) is 0 Å². The van der Waals surface area contributed by atoms with Crippen molar-refractivity contribution in [2.24, 2.45) is 5.92 Å². The Morgan fingerprint density at radius 2 is 2.19 bits per heavy atom. The van der Waals surface area contributed by atoms with Crippen LogP contribution >= 0.6 is 0 Å². The van der Waals surface area contributed by atoms with Gasteiger partial charge in [0.2, 0.25) is 5.91 Å². The van der Waals surface area contributed by atoms with Crippen LogP contribution in [0.3, 0.4) is 0 Å². The van der Waals surface area contributed by atoms with Gasteiger partial charge in [0.05, 0.1) is 6.61 Å². The van der Waals surface area contributed by atoms with Crippen molar-refractivity contribution in [2.75, 3.05) is 32.8 Å². The van der Waals surface area contributed by atoms with E-state index in [0.29, 0.717) is 12.0 Å². The Labute approximate surface area is 97.2 Å². The maximum absolute atomic E-state index is 11.2. The van der Waals surface area contributed by atoms with E-state index in [-0.39, 0.29) is 12.5 Å². The molecule has 0 unspecified atom stereocenters. The number of aliphatic hydroxyl groups is 1. The summed E-state index contributed by atoms with van der Waals surface area (Å²) in [5, 5.41) is 9.02. The van der Waals surface area contributed by atoms with Crippen LogP contribution in [0.4, 0.5) is 0 Å². The quantitative estimate of drug-likeness (QED) is 0.734. The fourth-order valence-electron chi connectivity index (χ4n) is 2.59. The fourth-order valence-corrected chi connectivity index (χ4v) is 2.59. The van der Waals surface area contributed by atoms with Gasteiger partial charge >= 0.3 is 0 Å². The lowest BCUT2D eigenvalue weighted by Gasteiger charge is -2.24. The molecular weight excluding hydrogens is 204 g/mol. The van der Waals surface area contributed by atoms with Gasteiger partial charge in [-0.1, -0.05) is 0 Å². The van der Waals surface area contributed by atoms with E-state index >= 15 is 0 Å². The zero-order chi connectivity index (χ0) is 11.5. The summed E-state index contributed by atoms with van der Waals surface area (Å²) < 4.78 is 0. The first kappa shape index (κ1) is 11.9. The van der Waals surface area contributed by atoms with Gasteiger partial charge in [0.15, 0.2) is 0 Å². The standard InChI is InChI=1S/C12H22N2O2/c1-10(16)13-5-4-11(8-13)9-14(6-7-15)12-2-3-12/h11-12,15H,2-9H2,1H3/t11-/m1/s1. The molecule has 1 heterocycles. The Hall–Kier alpha value is -0.610. The Balaban J connectivity index is 1.78. The highest BCUT2D eigenvalue weighted by Gasteiger charge is 2.32. The van der Waals surface area contributed by atoms with Gasteiger partial charge in [0, 0.05) is 39.1 Å². The van der Waals surface area contributed by atoms with Gasteiger partial charge in [-0.15, -0.1) is 0 Å². The molecule has 2 rings (SSSR count). The Morgan fingerprint density at radius 3 is 2.69 bits per heavy atom. The number of nitrogens with zero attached hydrogens (tertiary/aromatic N) is 2. The first-order valence-electron chi connectivity index (χ1n) is 6.31. The summed E-state index contributed by atoms with van der Waals surface area (Å²) in [5.41, 5.74) is 0. The minimum absolute atomic E-state index is 0.197. The van der Waals surface area contributed by atoms with Crippen LogP contribution in [0, 0.1) is 5.92 Å². The zero-order valence-corrected chi connectivity index (χ0v) is 10.1. The maximum Gasteiger partial charge on any atom is 0.219 e. The molecule has 0 bridgehead atoms.